The Morgan fingerprint density at radius 3 is 0.313 bits per heavy atom. The number of carbonyl (C=O) groups excluding carboxylic acids is 3. The second-order valence-corrected chi connectivity index (χ2v) is 17.2. The second-order valence-electron chi connectivity index (χ2n) is 17.2. The Hall–Kier alpha value is -1.59. The number of esters is 3. The standard InChI is InChI=1S/7C7H16.3C4H8O2/c7*1-3-5-7-6-4-2;3*1-3-6-4(2)5/h7*3-7H2,1-2H3;3*3H2,1-2H3. The highest BCUT2D eigenvalue weighted by molar-refractivity contribution is 5.66. The van der Waals surface area contributed by atoms with E-state index >= 15 is 0 Å². The number of ether oxygens (including phenoxy) is 3. The minimum Gasteiger partial charge on any atom is -0.466 e. The van der Waals surface area contributed by atoms with Gasteiger partial charge in [0, 0.05) is 20.8 Å². The molecule has 0 aliphatic heterocycles. The maximum absolute atomic E-state index is 9.82. The van der Waals surface area contributed by atoms with E-state index in [-0.39, 0.29) is 17.9 Å². The fourth-order valence-electron chi connectivity index (χ4n) is 5.35. The molecule has 0 fully saturated rings. The summed E-state index contributed by atoms with van der Waals surface area (Å²) >= 11 is 0. The average molecular weight is 966 g/mol. The van der Waals surface area contributed by atoms with Gasteiger partial charge in [-0.1, -0.05) is 322 Å². The van der Waals surface area contributed by atoms with Crippen LogP contribution in [0.1, 0.15) is 363 Å². The number of hydrogen-bond donors (Lipinski definition) is 0. The molecule has 0 rings (SSSR count). The Labute approximate surface area is 428 Å². The third kappa shape index (κ3) is 200. The van der Waals surface area contributed by atoms with Gasteiger partial charge in [0.05, 0.1) is 19.8 Å². The van der Waals surface area contributed by atoms with Gasteiger partial charge in [-0.2, -0.15) is 0 Å². The van der Waals surface area contributed by atoms with Crippen molar-refractivity contribution in [2.75, 3.05) is 19.8 Å². The molecule has 67 heavy (non-hydrogen) atoms. The van der Waals surface area contributed by atoms with E-state index in [0.717, 1.165) is 0 Å². The van der Waals surface area contributed by atoms with Crippen molar-refractivity contribution in [3.63, 3.8) is 0 Å². The summed E-state index contributed by atoms with van der Waals surface area (Å²) in [6.07, 6.45) is 49.1. The van der Waals surface area contributed by atoms with E-state index in [1.54, 1.807) is 20.8 Å². The van der Waals surface area contributed by atoms with Crippen LogP contribution in [0.5, 0.6) is 0 Å². The number of rotatable bonds is 31. The van der Waals surface area contributed by atoms with E-state index in [9.17, 15) is 14.4 Å². The normalized spacial score (nSPS) is 8.96. The molecule has 0 saturated carbocycles. The summed E-state index contributed by atoms with van der Waals surface area (Å²) in [7, 11) is 0. The molecule has 0 aliphatic rings. The molecule has 0 heterocycles. The van der Waals surface area contributed by atoms with Gasteiger partial charge in [-0.05, 0) is 20.8 Å². The Morgan fingerprint density at radius 2 is 0.284 bits per heavy atom. The molecule has 0 aromatic rings. The van der Waals surface area contributed by atoms with E-state index in [2.05, 4.69) is 111 Å². The van der Waals surface area contributed by atoms with E-state index in [0.29, 0.717) is 19.8 Å². The zero-order valence-corrected chi connectivity index (χ0v) is 50.8. The lowest BCUT2D eigenvalue weighted by molar-refractivity contribution is -0.141. The number of carbonyl (C=O) groups is 3. The first-order valence-corrected chi connectivity index (χ1v) is 29.6. The lowest BCUT2D eigenvalue weighted by Crippen LogP contribution is -1.95. The van der Waals surface area contributed by atoms with Gasteiger partial charge in [-0.25, -0.2) is 0 Å². The smallest absolute Gasteiger partial charge is 0.302 e. The fourth-order valence-corrected chi connectivity index (χ4v) is 5.35. The van der Waals surface area contributed by atoms with E-state index in [4.69, 9.17) is 0 Å². The largest absolute Gasteiger partial charge is 0.466 e. The highest BCUT2D eigenvalue weighted by Crippen LogP contribution is 2.04. The van der Waals surface area contributed by atoms with Gasteiger partial charge >= 0.3 is 17.9 Å². The van der Waals surface area contributed by atoms with Crippen molar-refractivity contribution >= 4 is 17.9 Å². The van der Waals surface area contributed by atoms with Crippen LogP contribution >= 0.6 is 0 Å². The van der Waals surface area contributed by atoms with Crippen LogP contribution in [0.25, 0.3) is 0 Å². The molecule has 0 amide bonds. The molecule has 0 atom stereocenters. The Balaban J connectivity index is -0.0000000674. The van der Waals surface area contributed by atoms with Crippen LogP contribution in [-0.4, -0.2) is 37.7 Å². The van der Waals surface area contributed by atoms with Crippen LogP contribution < -0.4 is 0 Å². The van der Waals surface area contributed by atoms with Crippen LogP contribution in [0.3, 0.4) is 0 Å². The zero-order valence-electron chi connectivity index (χ0n) is 50.8. The zero-order chi connectivity index (χ0) is 53.7. The minimum absolute atomic E-state index is 0.211. The van der Waals surface area contributed by atoms with Gasteiger partial charge in [-0.3, -0.25) is 14.4 Å². The van der Waals surface area contributed by atoms with E-state index in [1.807, 2.05) is 0 Å². The quantitative estimate of drug-likeness (QED) is 0.0391. The van der Waals surface area contributed by atoms with Crippen molar-refractivity contribution < 1.29 is 28.6 Å². The van der Waals surface area contributed by atoms with Crippen LogP contribution in [0, 0.1) is 0 Å². The van der Waals surface area contributed by atoms with E-state index < -0.39 is 0 Å². The third-order valence-electron chi connectivity index (χ3n) is 9.49. The molecule has 6 nitrogen and oxygen atoms in total. The van der Waals surface area contributed by atoms with Crippen LogP contribution in [-0.2, 0) is 28.6 Å². The van der Waals surface area contributed by atoms with Crippen molar-refractivity contribution in [1.29, 1.82) is 0 Å². The summed E-state index contributed by atoms with van der Waals surface area (Å²) < 4.78 is 13.2. The third-order valence-corrected chi connectivity index (χ3v) is 9.49. The van der Waals surface area contributed by atoms with Crippen molar-refractivity contribution in [3.05, 3.63) is 0 Å². The summed E-state index contributed by atoms with van der Waals surface area (Å²) in [6, 6.07) is 0. The highest BCUT2D eigenvalue weighted by atomic mass is 16.5. The predicted octanol–water partition coefficient (Wildman–Crippen LogP) is 22.5. The van der Waals surface area contributed by atoms with Gasteiger partial charge in [-0.15, -0.1) is 0 Å². The topological polar surface area (TPSA) is 78.9 Å². The summed E-state index contributed by atoms with van der Waals surface area (Å²) in [6.45, 7) is 42.4. The monoisotopic (exact) mass is 965 g/mol. The first-order chi connectivity index (χ1) is 32.2. The molecule has 0 unspecified atom stereocenters. The summed E-state index contributed by atoms with van der Waals surface area (Å²) in [5, 5.41) is 0. The molecular formula is C61H136O6. The van der Waals surface area contributed by atoms with Gasteiger partial charge in [0.1, 0.15) is 0 Å². The van der Waals surface area contributed by atoms with Crippen molar-refractivity contribution in [3.8, 4) is 0 Å². The molecule has 416 valence electrons. The lowest BCUT2D eigenvalue weighted by Gasteiger charge is -1.90. The van der Waals surface area contributed by atoms with Gasteiger partial charge in [0.25, 0.3) is 0 Å². The van der Waals surface area contributed by atoms with E-state index in [1.165, 1.54) is 245 Å². The van der Waals surface area contributed by atoms with Crippen LogP contribution in [0.4, 0.5) is 0 Å². The minimum atomic E-state index is -0.211. The van der Waals surface area contributed by atoms with Gasteiger partial charge in [0.15, 0.2) is 0 Å². The summed E-state index contributed by atoms with van der Waals surface area (Å²) in [4.78, 5) is 29.5. The highest BCUT2D eigenvalue weighted by Gasteiger charge is 1.86. The molecule has 0 aromatic carbocycles. The molecule has 0 spiro atoms. The molecule has 0 N–H and O–H groups in total. The summed E-state index contributed by atoms with van der Waals surface area (Å²) in [5.41, 5.74) is 0. The Morgan fingerprint density at radius 1 is 0.194 bits per heavy atom. The van der Waals surface area contributed by atoms with Gasteiger partial charge in [0.2, 0.25) is 0 Å². The molecule has 0 aliphatic carbocycles. The molecule has 0 saturated heterocycles. The number of hydrogen-bond acceptors (Lipinski definition) is 6. The fraction of sp³-hybridized carbons (Fsp3) is 0.951. The van der Waals surface area contributed by atoms with Crippen molar-refractivity contribution in [2.45, 2.75) is 363 Å². The molecule has 0 aromatic heterocycles. The SMILES string of the molecule is CCCCCCC.CCCCCCC.CCCCCCC.CCCCCCC.CCCCCCC.CCCCCCC.CCCCCCC.CCOC(C)=O.CCOC(C)=O.CCOC(C)=O. The van der Waals surface area contributed by atoms with Crippen LogP contribution in [0.15, 0.2) is 0 Å². The van der Waals surface area contributed by atoms with Crippen LogP contribution in [0.2, 0.25) is 0 Å². The van der Waals surface area contributed by atoms with Crippen molar-refractivity contribution in [2.24, 2.45) is 0 Å². The lowest BCUT2D eigenvalue weighted by atomic mass is 10.2. The maximum atomic E-state index is 9.82. The van der Waals surface area contributed by atoms with Crippen molar-refractivity contribution in [1.82, 2.24) is 0 Å². The molecule has 6 heteroatoms. The first-order valence-electron chi connectivity index (χ1n) is 29.6. The average Bonchev–Trinajstić information content (AvgIpc) is 3.30. The Bertz CT molecular complexity index is 547. The maximum Gasteiger partial charge on any atom is 0.302 e. The summed E-state index contributed by atoms with van der Waals surface area (Å²) in [5.74, 6) is -0.632. The number of unbranched alkanes of at least 4 members (excludes halogenated alkanes) is 28. The molecule has 0 bridgehead atoms. The molecular weight excluding hydrogens is 829 g/mol. The molecule has 0 radical (unpaired) electrons. The second kappa shape index (κ2) is 111. The first kappa shape index (κ1) is 88.4. The Kier molecular flexibility index (Phi) is 146. The van der Waals surface area contributed by atoms with Gasteiger partial charge < -0.3 is 14.2 Å². The predicted molar refractivity (Wildman–Crippen MR) is 308 cm³/mol.